The van der Waals surface area contributed by atoms with Crippen molar-refractivity contribution in [2.45, 2.75) is 6.43 Å². The predicted molar refractivity (Wildman–Crippen MR) is 87.3 cm³/mol. The molecule has 26 heavy (non-hydrogen) atoms. The van der Waals surface area contributed by atoms with E-state index in [0.717, 1.165) is 14.2 Å². The largest absolute Gasteiger partial charge is 0.485 e. The van der Waals surface area contributed by atoms with Gasteiger partial charge >= 0.3 is 11.9 Å². The topological polar surface area (TPSA) is 74.3 Å². The highest BCUT2D eigenvalue weighted by atomic mass is 35.5. The lowest BCUT2D eigenvalue weighted by molar-refractivity contribution is -0.140. The smallest absolute Gasteiger partial charge is 0.355 e. The second kappa shape index (κ2) is 8.81. The number of alkyl halides is 2. The molecule has 0 bridgehead atoms. The number of hydrogen-bond donors (Lipinski definition) is 0. The Kier molecular flexibility index (Phi) is 6.76. The van der Waals surface area contributed by atoms with Gasteiger partial charge in [-0.15, -0.1) is 0 Å². The SMILES string of the molecule is COC(=O)C1=C(C(=O)OC)N(c2cc(Cl)ccc2OCC(F)F)COC1. The molecule has 1 aromatic carbocycles. The van der Waals surface area contributed by atoms with Crippen LogP contribution < -0.4 is 9.64 Å². The van der Waals surface area contributed by atoms with Gasteiger partial charge in [-0.3, -0.25) is 0 Å². The molecule has 7 nitrogen and oxygen atoms in total. The summed E-state index contributed by atoms with van der Waals surface area (Å²) in [6.07, 6.45) is -2.70. The number of carbonyl (C=O) groups is 2. The standard InChI is InChI=1S/C16H16ClF2NO6/c1-23-15(21)10-6-25-8-20(14(10)16(22)24-2)11-5-9(17)3-4-12(11)26-7-13(18)19/h3-5,13H,6-8H2,1-2H3. The Hall–Kier alpha value is -2.39. The predicted octanol–water partition coefficient (Wildman–Crippen LogP) is 2.38. The minimum Gasteiger partial charge on any atom is -0.485 e. The Balaban J connectivity index is 2.55. The van der Waals surface area contributed by atoms with Crippen molar-refractivity contribution in [3.05, 3.63) is 34.5 Å². The molecule has 0 N–H and O–H groups in total. The number of methoxy groups -OCH3 is 2. The van der Waals surface area contributed by atoms with Crippen LogP contribution in [-0.2, 0) is 23.8 Å². The maximum absolute atomic E-state index is 12.5. The van der Waals surface area contributed by atoms with Gasteiger partial charge < -0.3 is 23.8 Å². The number of hydrogen-bond acceptors (Lipinski definition) is 7. The van der Waals surface area contributed by atoms with Gasteiger partial charge in [0, 0.05) is 5.02 Å². The quantitative estimate of drug-likeness (QED) is 0.689. The average Bonchev–Trinajstić information content (AvgIpc) is 2.64. The van der Waals surface area contributed by atoms with Crippen molar-refractivity contribution in [1.82, 2.24) is 0 Å². The fraction of sp³-hybridized carbons (Fsp3) is 0.375. The van der Waals surface area contributed by atoms with E-state index >= 15 is 0 Å². The number of rotatable bonds is 6. The zero-order valence-corrected chi connectivity index (χ0v) is 14.7. The third-order valence-electron chi connectivity index (χ3n) is 3.41. The molecule has 0 saturated heterocycles. The first-order chi connectivity index (χ1) is 12.4. The molecule has 0 aliphatic carbocycles. The fourth-order valence-corrected chi connectivity index (χ4v) is 2.48. The second-order valence-electron chi connectivity index (χ2n) is 5.03. The first-order valence-corrected chi connectivity index (χ1v) is 7.72. The van der Waals surface area contributed by atoms with Gasteiger partial charge in [0.2, 0.25) is 0 Å². The van der Waals surface area contributed by atoms with E-state index in [0.29, 0.717) is 0 Å². The highest BCUT2D eigenvalue weighted by Crippen LogP contribution is 2.36. The molecule has 142 valence electrons. The Morgan fingerprint density at radius 3 is 2.58 bits per heavy atom. The molecule has 1 aliphatic heterocycles. The molecular formula is C16H16ClF2NO6. The molecular weight excluding hydrogens is 376 g/mol. The van der Waals surface area contributed by atoms with E-state index in [1.165, 1.54) is 23.1 Å². The molecule has 2 rings (SSSR count). The molecule has 0 fully saturated rings. The summed E-state index contributed by atoms with van der Waals surface area (Å²) in [7, 11) is 2.30. The molecule has 1 aliphatic rings. The van der Waals surface area contributed by atoms with Crippen LogP contribution in [0, 0.1) is 0 Å². The number of benzene rings is 1. The molecule has 0 saturated carbocycles. The maximum Gasteiger partial charge on any atom is 0.355 e. The van der Waals surface area contributed by atoms with Gasteiger partial charge in [-0.2, -0.15) is 0 Å². The summed E-state index contributed by atoms with van der Waals surface area (Å²) in [6, 6.07) is 4.22. The Bertz CT molecular complexity index is 725. The highest BCUT2D eigenvalue weighted by molar-refractivity contribution is 6.31. The first kappa shape index (κ1) is 19.9. The van der Waals surface area contributed by atoms with Crippen molar-refractivity contribution in [2.24, 2.45) is 0 Å². The third-order valence-corrected chi connectivity index (χ3v) is 3.64. The lowest BCUT2D eigenvalue weighted by Crippen LogP contribution is -2.39. The minimum atomic E-state index is -2.70. The number of esters is 2. The maximum atomic E-state index is 12.5. The lowest BCUT2D eigenvalue weighted by Gasteiger charge is -2.32. The Labute approximate surface area is 153 Å². The van der Waals surface area contributed by atoms with Crippen molar-refractivity contribution in [1.29, 1.82) is 0 Å². The number of carbonyl (C=O) groups excluding carboxylic acids is 2. The summed E-state index contributed by atoms with van der Waals surface area (Å²) in [6.45, 7) is -1.19. The molecule has 0 radical (unpaired) electrons. The fourth-order valence-electron chi connectivity index (χ4n) is 2.31. The molecule has 0 spiro atoms. The van der Waals surface area contributed by atoms with Crippen LogP contribution in [0.15, 0.2) is 29.5 Å². The summed E-state index contributed by atoms with van der Waals surface area (Å²) in [5, 5.41) is 0.263. The summed E-state index contributed by atoms with van der Waals surface area (Å²) >= 11 is 5.99. The van der Waals surface area contributed by atoms with Gasteiger partial charge in [0.15, 0.2) is 0 Å². The second-order valence-corrected chi connectivity index (χ2v) is 5.47. The Morgan fingerprint density at radius 2 is 1.96 bits per heavy atom. The zero-order chi connectivity index (χ0) is 19.3. The summed E-state index contributed by atoms with van der Waals surface area (Å²) in [4.78, 5) is 25.5. The van der Waals surface area contributed by atoms with Crippen molar-refractivity contribution in [2.75, 3.05) is 39.1 Å². The van der Waals surface area contributed by atoms with Crippen molar-refractivity contribution < 1.29 is 37.3 Å². The lowest BCUT2D eigenvalue weighted by atomic mass is 10.1. The van der Waals surface area contributed by atoms with Crippen LogP contribution in [0.4, 0.5) is 14.5 Å². The third kappa shape index (κ3) is 4.41. The van der Waals surface area contributed by atoms with Crippen molar-refractivity contribution >= 4 is 29.2 Å². The summed E-state index contributed by atoms with van der Waals surface area (Å²) in [5.74, 6) is -1.58. The highest BCUT2D eigenvalue weighted by Gasteiger charge is 2.33. The number of ether oxygens (including phenoxy) is 4. The van der Waals surface area contributed by atoms with Gasteiger partial charge in [0.1, 0.15) is 24.8 Å². The molecule has 1 heterocycles. The average molecular weight is 392 g/mol. The van der Waals surface area contributed by atoms with E-state index in [-0.39, 0.29) is 41.1 Å². The van der Waals surface area contributed by atoms with Crippen LogP contribution in [0.25, 0.3) is 0 Å². The number of anilines is 1. The zero-order valence-electron chi connectivity index (χ0n) is 14.0. The Morgan fingerprint density at radius 1 is 1.27 bits per heavy atom. The first-order valence-electron chi connectivity index (χ1n) is 7.34. The van der Waals surface area contributed by atoms with Crippen LogP contribution in [0.3, 0.4) is 0 Å². The van der Waals surface area contributed by atoms with E-state index < -0.39 is 25.0 Å². The molecule has 0 unspecified atom stereocenters. The van der Waals surface area contributed by atoms with Crippen molar-refractivity contribution in [3.8, 4) is 5.75 Å². The van der Waals surface area contributed by atoms with E-state index in [4.69, 9.17) is 25.8 Å². The van der Waals surface area contributed by atoms with Gasteiger partial charge in [0.25, 0.3) is 6.43 Å². The van der Waals surface area contributed by atoms with E-state index in [2.05, 4.69) is 4.74 Å². The van der Waals surface area contributed by atoms with Gasteiger partial charge in [-0.25, -0.2) is 18.4 Å². The monoisotopic (exact) mass is 391 g/mol. The van der Waals surface area contributed by atoms with Crippen LogP contribution in [0.1, 0.15) is 0 Å². The molecule has 0 amide bonds. The minimum absolute atomic E-state index is 0.0332. The number of nitrogens with zero attached hydrogens (tertiary/aromatic N) is 1. The van der Waals surface area contributed by atoms with Gasteiger partial charge in [-0.1, -0.05) is 11.6 Å². The normalized spacial score (nSPS) is 14.5. The molecule has 0 atom stereocenters. The molecule has 10 heteroatoms. The van der Waals surface area contributed by atoms with Crippen LogP contribution in [0.2, 0.25) is 5.02 Å². The van der Waals surface area contributed by atoms with Crippen molar-refractivity contribution in [3.63, 3.8) is 0 Å². The summed E-state index contributed by atoms with van der Waals surface area (Å²) in [5.41, 5.74) is -0.0557. The van der Waals surface area contributed by atoms with Crippen LogP contribution >= 0.6 is 11.6 Å². The van der Waals surface area contributed by atoms with E-state index in [1.54, 1.807) is 0 Å². The van der Waals surface area contributed by atoms with Gasteiger partial charge in [0.05, 0.1) is 32.1 Å². The molecule has 1 aromatic rings. The molecule has 0 aromatic heterocycles. The van der Waals surface area contributed by atoms with Crippen LogP contribution in [-0.4, -0.2) is 52.5 Å². The number of halogens is 3. The van der Waals surface area contributed by atoms with Crippen LogP contribution in [0.5, 0.6) is 5.75 Å². The van der Waals surface area contributed by atoms with Gasteiger partial charge in [-0.05, 0) is 18.2 Å². The summed E-state index contributed by atoms with van der Waals surface area (Å²) < 4.78 is 44.9. The van der Waals surface area contributed by atoms with E-state index in [1.807, 2.05) is 0 Å². The van der Waals surface area contributed by atoms with E-state index in [9.17, 15) is 18.4 Å².